The zero-order valence-electron chi connectivity index (χ0n) is 7.53. The number of hydrogen-bond acceptors (Lipinski definition) is 1. The topological polar surface area (TPSA) is 12.0 Å². The lowest BCUT2D eigenvalue weighted by atomic mass is 9.83. The summed E-state index contributed by atoms with van der Waals surface area (Å²) in [4.78, 5) is 0. The van der Waals surface area contributed by atoms with Gasteiger partial charge < -0.3 is 5.32 Å². The standard InChI is InChI=1S/C10H19N/c1-3-9-11-10(2)7-5-4-6-8-10/h3,11H,1,4-9H2,2H3. The summed E-state index contributed by atoms with van der Waals surface area (Å²) in [6.07, 6.45) is 8.81. The molecular formula is C10H19N. The quantitative estimate of drug-likeness (QED) is 0.614. The molecule has 1 fully saturated rings. The Morgan fingerprint density at radius 3 is 2.55 bits per heavy atom. The van der Waals surface area contributed by atoms with Gasteiger partial charge in [-0.1, -0.05) is 25.3 Å². The SMILES string of the molecule is C=CCNC1(C)CCCCC1. The maximum atomic E-state index is 3.71. The zero-order valence-corrected chi connectivity index (χ0v) is 7.53. The van der Waals surface area contributed by atoms with Gasteiger partial charge in [-0.3, -0.25) is 0 Å². The van der Waals surface area contributed by atoms with E-state index in [0.717, 1.165) is 6.54 Å². The van der Waals surface area contributed by atoms with Crippen LogP contribution in [-0.2, 0) is 0 Å². The molecule has 64 valence electrons. The molecule has 1 rings (SSSR count). The summed E-state index contributed by atoms with van der Waals surface area (Å²) in [6, 6.07) is 0. The minimum atomic E-state index is 0.409. The first kappa shape index (κ1) is 8.79. The second-order valence-corrected chi connectivity index (χ2v) is 3.79. The lowest BCUT2D eigenvalue weighted by molar-refractivity contribution is 0.263. The van der Waals surface area contributed by atoms with Gasteiger partial charge in [0.1, 0.15) is 0 Å². The summed E-state index contributed by atoms with van der Waals surface area (Å²) >= 11 is 0. The molecule has 1 aliphatic rings. The molecule has 0 heterocycles. The van der Waals surface area contributed by atoms with E-state index in [9.17, 15) is 0 Å². The molecule has 0 spiro atoms. The first-order valence-corrected chi connectivity index (χ1v) is 4.63. The Morgan fingerprint density at radius 2 is 2.00 bits per heavy atom. The van der Waals surface area contributed by atoms with Crippen molar-refractivity contribution < 1.29 is 0 Å². The monoisotopic (exact) mass is 153 g/mol. The molecular weight excluding hydrogens is 134 g/mol. The van der Waals surface area contributed by atoms with Crippen molar-refractivity contribution in [2.24, 2.45) is 0 Å². The van der Waals surface area contributed by atoms with Crippen LogP contribution in [0.1, 0.15) is 39.0 Å². The van der Waals surface area contributed by atoms with E-state index in [1.807, 2.05) is 6.08 Å². The summed E-state index contributed by atoms with van der Waals surface area (Å²) in [7, 11) is 0. The Kier molecular flexibility index (Phi) is 3.13. The van der Waals surface area contributed by atoms with Crippen LogP contribution >= 0.6 is 0 Å². The van der Waals surface area contributed by atoms with Crippen molar-refractivity contribution in [3.05, 3.63) is 12.7 Å². The van der Waals surface area contributed by atoms with Gasteiger partial charge in [0.2, 0.25) is 0 Å². The van der Waals surface area contributed by atoms with Crippen LogP contribution in [0.25, 0.3) is 0 Å². The number of rotatable bonds is 3. The number of nitrogens with one attached hydrogen (secondary N) is 1. The van der Waals surface area contributed by atoms with Gasteiger partial charge in [0.25, 0.3) is 0 Å². The second kappa shape index (κ2) is 3.91. The van der Waals surface area contributed by atoms with Gasteiger partial charge in [0.05, 0.1) is 0 Å². The van der Waals surface area contributed by atoms with Gasteiger partial charge in [0.15, 0.2) is 0 Å². The van der Waals surface area contributed by atoms with Crippen LogP contribution in [0.4, 0.5) is 0 Å². The third-order valence-electron chi connectivity index (χ3n) is 2.63. The van der Waals surface area contributed by atoms with Crippen molar-refractivity contribution in [1.82, 2.24) is 5.32 Å². The van der Waals surface area contributed by atoms with Crippen LogP contribution in [0.15, 0.2) is 12.7 Å². The molecule has 11 heavy (non-hydrogen) atoms. The van der Waals surface area contributed by atoms with Crippen molar-refractivity contribution in [3.63, 3.8) is 0 Å². The first-order chi connectivity index (χ1) is 5.27. The molecule has 1 saturated carbocycles. The van der Waals surface area contributed by atoms with Crippen molar-refractivity contribution in [2.75, 3.05) is 6.54 Å². The van der Waals surface area contributed by atoms with Crippen LogP contribution in [0.3, 0.4) is 0 Å². The molecule has 0 unspecified atom stereocenters. The van der Waals surface area contributed by atoms with Gasteiger partial charge in [0, 0.05) is 12.1 Å². The van der Waals surface area contributed by atoms with Crippen LogP contribution < -0.4 is 5.32 Å². The normalized spacial score (nSPS) is 23.0. The van der Waals surface area contributed by atoms with E-state index in [1.54, 1.807) is 0 Å². The Hall–Kier alpha value is -0.300. The van der Waals surface area contributed by atoms with E-state index in [0.29, 0.717) is 5.54 Å². The molecule has 0 aromatic heterocycles. The van der Waals surface area contributed by atoms with E-state index < -0.39 is 0 Å². The lowest BCUT2D eigenvalue weighted by Gasteiger charge is -2.34. The average molecular weight is 153 g/mol. The van der Waals surface area contributed by atoms with Gasteiger partial charge in [-0.05, 0) is 19.8 Å². The predicted octanol–water partition coefficient (Wildman–Crippen LogP) is 2.48. The molecule has 1 aliphatic carbocycles. The van der Waals surface area contributed by atoms with Crippen LogP contribution in [-0.4, -0.2) is 12.1 Å². The highest BCUT2D eigenvalue weighted by molar-refractivity contribution is 4.88. The molecule has 1 heteroatoms. The maximum Gasteiger partial charge on any atom is 0.0156 e. The van der Waals surface area contributed by atoms with Crippen LogP contribution in [0, 0.1) is 0 Å². The summed E-state index contributed by atoms with van der Waals surface area (Å²) in [5.74, 6) is 0. The van der Waals surface area contributed by atoms with E-state index in [-0.39, 0.29) is 0 Å². The molecule has 1 N–H and O–H groups in total. The lowest BCUT2D eigenvalue weighted by Crippen LogP contribution is -2.43. The van der Waals surface area contributed by atoms with Crippen LogP contribution in [0.2, 0.25) is 0 Å². The highest BCUT2D eigenvalue weighted by atomic mass is 15.0. The Balaban J connectivity index is 2.30. The zero-order chi connectivity index (χ0) is 8.16. The summed E-state index contributed by atoms with van der Waals surface area (Å²) < 4.78 is 0. The minimum Gasteiger partial charge on any atom is -0.308 e. The Labute approximate surface area is 69.9 Å². The minimum absolute atomic E-state index is 0.409. The van der Waals surface area contributed by atoms with Crippen molar-refractivity contribution in [1.29, 1.82) is 0 Å². The van der Waals surface area contributed by atoms with Gasteiger partial charge >= 0.3 is 0 Å². The molecule has 0 atom stereocenters. The third-order valence-corrected chi connectivity index (χ3v) is 2.63. The maximum absolute atomic E-state index is 3.71. The van der Waals surface area contributed by atoms with Crippen molar-refractivity contribution in [2.45, 2.75) is 44.6 Å². The largest absolute Gasteiger partial charge is 0.308 e. The van der Waals surface area contributed by atoms with Crippen LogP contribution in [0.5, 0.6) is 0 Å². The highest BCUT2D eigenvalue weighted by Gasteiger charge is 2.24. The highest BCUT2D eigenvalue weighted by Crippen LogP contribution is 2.27. The fourth-order valence-electron chi connectivity index (χ4n) is 1.83. The van der Waals surface area contributed by atoms with E-state index in [2.05, 4.69) is 18.8 Å². The summed E-state index contributed by atoms with van der Waals surface area (Å²) in [5, 5.41) is 3.53. The van der Waals surface area contributed by atoms with E-state index in [1.165, 1.54) is 32.1 Å². The van der Waals surface area contributed by atoms with Crippen molar-refractivity contribution >= 4 is 0 Å². The summed E-state index contributed by atoms with van der Waals surface area (Å²) in [5.41, 5.74) is 0.409. The molecule has 1 nitrogen and oxygen atoms in total. The fourth-order valence-corrected chi connectivity index (χ4v) is 1.83. The molecule has 0 aromatic carbocycles. The van der Waals surface area contributed by atoms with E-state index in [4.69, 9.17) is 0 Å². The fraction of sp³-hybridized carbons (Fsp3) is 0.800. The average Bonchev–Trinajstić information content (AvgIpc) is 2.03. The molecule has 0 saturated heterocycles. The molecule has 0 amide bonds. The smallest absolute Gasteiger partial charge is 0.0156 e. The van der Waals surface area contributed by atoms with Gasteiger partial charge in [-0.2, -0.15) is 0 Å². The molecule has 0 aromatic rings. The summed E-state index contributed by atoms with van der Waals surface area (Å²) in [6.45, 7) is 7.00. The van der Waals surface area contributed by atoms with Gasteiger partial charge in [-0.15, -0.1) is 6.58 Å². The second-order valence-electron chi connectivity index (χ2n) is 3.79. The first-order valence-electron chi connectivity index (χ1n) is 4.63. The third kappa shape index (κ3) is 2.66. The van der Waals surface area contributed by atoms with Gasteiger partial charge in [-0.25, -0.2) is 0 Å². The Morgan fingerprint density at radius 1 is 1.36 bits per heavy atom. The van der Waals surface area contributed by atoms with Crippen molar-refractivity contribution in [3.8, 4) is 0 Å². The Bertz CT molecular complexity index is 123. The molecule has 0 radical (unpaired) electrons. The van der Waals surface area contributed by atoms with E-state index >= 15 is 0 Å². The predicted molar refractivity (Wildman–Crippen MR) is 49.7 cm³/mol. The molecule has 0 aliphatic heterocycles. The molecule has 0 bridgehead atoms. The number of hydrogen-bond donors (Lipinski definition) is 1.